The van der Waals surface area contributed by atoms with Gasteiger partial charge in [0, 0.05) is 26.1 Å². The highest BCUT2D eigenvalue weighted by molar-refractivity contribution is 5.58. The average Bonchev–Trinajstić information content (AvgIpc) is 2.39. The van der Waals surface area contributed by atoms with Crippen LogP contribution in [0.4, 0.5) is 0 Å². The highest BCUT2D eigenvalue weighted by Gasteiger charge is 2.03. The molecule has 0 spiro atoms. The van der Waals surface area contributed by atoms with Gasteiger partial charge in [0.25, 0.3) is 0 Å². The van der Waals surface area contributed by atoms with Crippen LogP contribution in [0, 0.1) is 13.8 Å². The Morgan fingerprint density at radius 1 is 1.11 bits per heavy atom. The molecule has 0 aliphatic heterocycles. The second-order valence-electron chi connectivity index (χ2n) is 3.96. The van der Waals surface area contributed by atoms with E-state index in [4.69, 9.17) is 0 Å². The van der Waals surface area contributed by atoms with E-state index in [1.54, 1.807) is 13.3 Å². The molecule has 2 rings (SSSR count). The van der Waals surface area contributed by atoms with Gasteiger partial charge in [-0.1, -0.05) is 6.07 Å². The smallest absolute Gasteiger partial charge is 0.0915 e. The van der Waals surface area contributed by atoms with Gasteiger partial charge in [-0.3, -0.25) is 9.97 Å². The number of hydrogen-bond donors (Lipinski definition) is 0. The van der Waals surface area contributed by atoms with Crippen LogP contribution in [0.5, 0.6) is 0 Å². The number of pyridine rings is 2. The van der Waals surface area contributed by atoms with Gasteiger partial charge in [-0.05, 0) is 50.1 Å². The van der Waals surface area contributed by atoms with Gasteiger partial charge >= 0.3 is 0 Å². The summed E-state index contributed by atoms with van der Waals surface area (Å²) in [5.74, 6) is 0. The third kappa shape index (κ3) is 4.26. The summed E-state index contributed by atoms with van der Waals surface area (Å²) in [6, 6.07) is 8.03. The highest BCUT2D eigenvalue weighted by Crippen LogP contribution is 2.18. The molecular formula is C15H20N2O. The number of methoxy groups -OCH3 is 1. The average molecular weight is 244 g/mol. The molecule has 0 radical (unpaired) electrons. The molecule has 0 saturated carbocycles. The van der Waals surface area contributed by atoms with Crippen molar-refractivity contribution in [3.05, 3.63) is 47.8 Å². The zero-order valence-corrected chi connectivity index (χ0v) is 11.5. The summed E-state index contributed by atoms with van der Waals surface area (Å²) < 4.78 is 4.54. The van der Waals surface area contributed by atoms with Crippen molar-refractivity contribution in [2.24, 2.45) is 0 Å². The lowest BCUT2D eigenvalue weighted by molar-refractivity contribution is 0.215. The van der Waals surface area contributed by atoms with E-state index in [9.17, 15) is 0 Å². The summed E-state index contributed by atoms with van der Waals surface area (Å²) in [4.78, 5) is 8.64. The van der Waals surface area contributed by atoms with Crippen LogP contribution >= 0.6 is 0 Å². The van der Waals surface area contributed by atoms with E-state index < -0.39 is 0 Å². The molecule has 0 aromatic carbocycles. The summed E-state index contributed by atoms with van der Waals surface area (Å²) in [5.41, 5.74) is 4.28. The molecular weight excluding hydrogens is 224 g/mol. The predicted molar refractivity (Wildman–Crippen MR) is 74.5 cm³/mol. The van der Waals surface area contributed by atoms with Crippen LogP contribution in [0.2, 0.25) is 0 Å². The van der Waals surface area contributed by atoms with Gasteiger partial charge in [0.15, 0.2) is 0 Å². The van der Waals surface area contributed by atoms with Crippen molar-refractivity contribution < 1.29 is 4.74 Å². The van der Waals surface area contributed by atoms with Crippen LogP contribution < -0.4 is 0 Å². The summed E-state index contributed by atoms with van der Waals surface area (Å²) in [5, 5.41) is 0. The monoisotopic (exact) mass is 244 g/mol. The maximum Gasteiger partial charge on any atom is 0.0915 e. The molecule has 96 valence electrons. The Labute approximate surface area is 109 Å². The third-order valence-electron chi connectivity index (χ3n) is 2.46. The Morgan fingerprint density at radius 3 is 2.39 bits per heavy atom. The van der Waals surface area contributed by atoms with Gasteiger partial charge in [0.2, 0.25) is 0 Å². The fraction of sp³-hybridized carbons (Fsp3) is 0.333. The molecule has 2 aromatic rings. The normalized spacial score (nSPS) is 9.56. The van der Waals surface area contributed by atoms with E-state index in [-0.39, 0.29) is 0 Å². The maximum atomic E-state index is 4.54. The van der Waals surface area contributed by atoms with Crippen molar-refractivity contribution in [1.82, 2.24) is 9.97 Å². The molecule has 2 heterocycles. The molecule has 3 heteroatoms. The summed E-state index contributed by atoms with van der Waals surface area (Å²) in [7, 11) is 1.68. The van der Waals surface area contributed by atoms with Crippen LogP contribution in [0.25, 0.3) is 11.4 Å². The van der Waals surface area contributed by atoms with Gasteiger partial charge in [-0.15, -0.1) is 0 Å². The highest BCUT2D eigenvalue weighted by atomic mass is 16.5. The lowest BCUT2D eigenvalue weighted by Gasteiger charge is -2.03. The minimum Gasteiger partial charge on any atom is -0.385 e. The summed E-state index contributed by atoms with van der Waals surface area (Å²) in [6.07, 6.45) is 3.62. The molecule has 0 aliphatic carbocycles. The van der Waals surface area contributed by atoms with Crippen LogP contribution in [-0.4, -0.2) is 23.7 Å². The van der Waals surface area contributed by atoms with Gasteiger partial charge in [-0.25, -0.2) is 0 Å². The third-order valence-corrected chi connectivity index (χ3v) is 2.46. The number of rotatable bonds is 2. The van der Waals surface area contributed by atoms with E-state index in [0.29, 0.717) is 0 Å². The largest absolute Gasteiger partial charge is 0.385 e. The zero-order chi connectivity index (χ0) is 13.4. The van der Waals surface area contributed by atoms with Crippen molar-refractivity contribution in [2.75, 3.05) is 13.7 Å². The zero-order valence-electron chi connectivity index (χ0n) is 11.5. The SMILES string of the molecule is CCOC.Cc1ccnc(-c2ncccc2C)c1. The van der Waals surface area contributed by atoms with Crippen LogP contribution in [0.15, 0.2) is 36.7 Å². The Kier molecular flexibility index (Phi) is 6.01. The molecule has 18 heavy (non-hydrogen) atoms. The van der Waals surface area contributed by atoms with E-state index in [1.807, 2.05) is 38.2 Å². The molecule has 0 unspecified atom stereocenters. The van der Waals surface area contributed by atoms with Crippen LogP contribution in [0.3, 0.4) is 0 Å². The van der Waals surface area contributed by atoms with E-state index in [2.05, 4.69) is 27.7 Å². The first-order chi connectivity index (χ1) is 8.69. The molecule has 2 aromatic heterocycles. The first kappa shape index (κ1) is 14.3. The first-order valence-electron chi connectivity index (χ1n) is 6.02. The molecule has 0 amide bonds. The van der Waals surface area contributed by atoms with E-state index in [1.165, 1.54) is 5.56 Å². The lowest BCUT2D eigenvalue weighted by Crippen LogP contribution is -1.90. The Morgan fingerprint density at radius 2 is 1.83 bits per heavy atom. The van der Waals surface area contributed by atoms with Gasteiger partial charge in [0.05, 0.1) is 11.4 Å². The number of nitrogens with zero attached hydrogens (tertiary/aromatic N) is 2. The van der Waals surface area contributed by atoms with E-state index in [0.717, 1.165) is 23.6 Å². The second kappa shape index (κ2) is 7.56. The lowest BCUT2D eigenvalue weighted by atomic mass is 10.1. The topological polar surface area (TPSA) is 35.0 Å². The predicted octanol–water partition coefficient (Wildman–Crippen LogP) is 3.41. The fourth-order valence-corrected chi connectivity index (χ4v) is 1.42. The van der Waals surface area contributed by atoms with Crippen molar-refractivity contribution in [3.63, 3.8) is 0 Å². The fourth-order valence-electron chi connectivity index (χ4n) is 1.42. The van der Waals surface area contributed by atoms with Crippen molar-refractivity contribution >= 4 is 0 Å². The minimum atomic E-state index is 0.819. The molecule has 0 atom stereocenters. The van der Waals surface area contributed by atoms with Crippen molar-refractivity contribution in [2.45, 2.75) is 20.8 Å². The van der Waals surface area contributed by atoms with E-state index >= 15 is 0 Å². The Balaban J connectivity index is 0.000000357. The number of aromatic nitrogens is 2. The minimum absolute atomic E-state index is 0.819. The molecule has 3 nitrogen and oxygen atoms in total. The molecule has 0 fully saturated rings. The summed E-state index contributed by atoms with van der Waals surface area (Å²) in [6.45, 7) is 6.88. The van der Waals surface area contributed by atoms with Gasteiger partial charge in [0.1, 0.15) is 0 Å². The number of hydrogen-bond acceptors (Lipinski definition) is 3. The molecule has 0 saturated heterocycles. The second-order valence-corrected chi connectivity index (χ2v) is 3.96. The maximum absolute atomic E-state index is 4.54. The number of ether oxygens (including phenoxy) is 1. The summed E-state index contributed by atoms with van der Waals surface area (Å²) >= 11 is 0. The van der Waals surface area contributed by atoms with Gasteiger partial charge in [-0.2, -0.15) is 0 Å². The van der Waals surface area contributed by atoms with Crippen molar-refractivity contribution in [3.8, 4) is 11.4 Å². The quantitative estimate of drug-likeness (QED) is 0.812. The first-order valence-corrected chi connectivity index (χ1v) is 6.02. The Hall–Kier alpha value is -1.74. The standard InChI is InChI=1S/C12H12N2.C3H8O/c1-9-5-7-13-11(8-9)12-10(2)4-3-6-14-12;1-3-4-2/h3-8H,1-2H3;3H2,1-2H3. The number of aryl methyl sites for hydroxylation is 2. The van der Waals surface area contributed by atoms with Gasteiger partial charge < -0.3 is 4.74 Å². The Bertz CT molecular complexity index is 481. The molecule has 0 aliphatic rings. The van der Waals surface area contributed by atoms with Crippen molar-refractivity contribution in [1.29, 1.82) is 0 Å². The van der Waals surface area contributed by atoms with Crippen LogP contribution in [-0.2, 0) is 4.74 Å². The molecule has 0 bridgehead atoms. The molecule has 0 N–H and O–H groups in total. The van der Waals surface area contributed by atoms with Crippen LogP contribution in [0.1, 0.15) is 18.1 Å².